The Morgan fingerprint density at radius 2 is 1.96 bits per heavy atom. The number of imidazole rings is 1. The lowest BCUT2D eigenvalue weighted by Crippen LogP contribution is -2.44. The van der Waals surface area contributed by atoms with E-state index in [2.05, 4.69) is 10.3 Å². The number of aryl methyl sites for hydroxylation is 2. The van der Waals surface area contributed by atoms with Crippen molar-refractivity contribution in [2.24, 2.45) is 14.1 Å². The molecule has 3 aromatic rings. The van der Waals surface area contributed by atoms with Gasteiger partial charge in [0.15, 0.2) is 11.2 Å². The van der Waals surface area contributed by atoms with Crippen molar-refractivity contribution in [2.75, 3.05) is 0 Å². The number of nitrogens with zero attached hydrogens (tertiary/aromatic N) is 4. The largest absolute Gasteiger partial charge is 0.348 e. The number of amides is 1. The summed E-state index contributed by atoms with van der Waals surface area (Å²) >= 11 is 0. The van der Waals surface area contributed by atoms with E-state index in [1.54, 1.807) is 7.05 Å². The van der Waals surface area contributed by atoms with Gasteiger partial charge in [0.2, 0.25) is 5.91 Å². The molecule has 0 saturated carbocycles. The van der Waals surface area contributed by atoms with Gasteiger partial charge in [0.1, 0.15) is 18.2 Å². The molecule has 10 heteroatoms. The van der Waals surface area contributed by atoms with E-state index in [1.165, 1.54) is 35.5 Å². The highest BCUT2D eigenvalue weighted by Crippen LogP contribution is 2.17. The molecule has 142 valence electrons. The molecule has 1 amide bonds. The third kappa shape index (κ3) is 3.25. The second kappa shape index (κ2) is 6.78. The normalized spacial score (nSPS) is 12.3. The minimum absolute atomic E-state index is 0.0899. The van der Waals surface area contributed by atoms with Crippen LogP contribution in [0.5, 0.6) is 0 Å². The molecule has 0 radical (unpaired) electrons. The molecule has 2 heterocycles. The summed E-state index contributed by atoms with van der Waals surface area (Å²) in [4.78, 5) is 41.3. The Balaban J connectivity index is 1.89. The monoisotopic (exact) mass is 377 g/mol. The highest BCUT2D eigenvalue weighted by Gasteiger charge is 2.19. The van der Waals surface area contributed by atoms with Crippen LogP contribution in [0.4, 0.5) is 8.78 Å². The molecular formula is C17H17F2N5O3. The molecule has 3 rings (SSSR count). The molecule has 2 aromatic heterocycles. The zero-order chi connectivity index (χ0) is 19.9. The summed E-state index contributed by atoms with van der Waals surface area (Å²) in [7, 11) is 3.05. The van der Waals surface area contributed by atoms with Crippen molar-refractivity contribution in [3.8, 4) is 0 Å². The van der Waals surface area contributed by atoms with Crippen LogP contribution in [0.2, 0.25) is 0 Å². The van der Waals surface area contributed by atoms with E-state index in [0.29, 0.717) is 6.07 Å². The first-order valence-corrected chi connectivity index (χ1v) is 8.06. The van der Waals surface area contributed by atoms with Gasteiger partial charge < -0.3 is 9.88 Å². The fraction of sp³-hybridized carbons (Fsp3) is 0.294. The molecule has 1 atom stereocenters. The summed E-state index contributed by atoms with van der Waals surface area (Å²) in [5.74, 6) is -2.19. The molecular weight excluding hydrogens is 360 g/mol. The lowest BCUT2D eigenvalue weighted by atomic mass is 10.1. The van der Waals surface area contributed by atoms with Crippen LogP contribution in [0.25, 0.3) is 11.2 Å². The number of nitrogens with one attached hydrogen (secondary N) is 1. The van der Waals surface area contributed by atoms with Crippen molar-refractivity contribution in [3.63, 3.8) is 0 Å². The number of hydrogen-bond acceptors (Lipinski definition) is 4. The minimum Gasteiger partial charge on any atom is -0.348 e. The van der Waals surface area contributed by atoms with Gasteiger partial charge in [0.05, 0.1) is 12.4 Å². The standard InChI is InChI=1S/C17H17F2N5O3/c1-9(11-5-4-10(18)6-12(11)19)21-13(25)7-24-16(26)14-15(20-8-22(14)2)23(3)17(24)27/h4-6,8-9H,7H2,1-3H3,(H,21,25)/t9-/m1/s1. The molecule has 0 unspecified atom stereocenters. The van der Waals surface area contributed by atoms with Gasteiger partial charge in [-0.05, 0) is 13.0 Å². The molecule has 0 aliphatic carbocycles. The smallest absolute Gasteiger partial charge is 0.332 e. The van der Waals surface area contributed by atoms with Crippen LogP contribution >= 0.6 is 0 Å². The van der Waals surface area contributed by atoms with Gasteiger partial charge in [0.25, 0.3) is 5.56 Å². The summed E-state index contributed by atoms with van der Waals surface area (Å²) in [6.07, 6.45) is 1.40. The zero-order valence-corrected chi connectivity index (χ0v) is 14.9. The van der Waals surface area contributed by atoms with Gasteiger partial charge in [-0.3, -0.25) is 14.2 Å². The second-order valence-corrected chi connectivity index (χ2v) is 6.22. The van der Waals surface area contributed by atoms with Gasteiger partial charge in [-0.15, -0.1) is 0 Å². The predicted molar refractivity (Wildman–Crippen MR) is 93.1 cm³/mol. The summed E-state index contributed by atoms with van der Waals surface area (Å²) in [6.45, 7) is 0.971. The predicted octanol–water partition coefficient (Wildman–Crippen LogP) is 0.589. The van der Waals surface area contributed by atoms with E-state index < -0.39 is 41.4 Å². The Labute approximate surface area is 151 Å². The van der Waals surface area contributed by atoms with Crippen molar-refractivity contribution < 1.29 is 13.6 Å². The van der Waals surface area contributed by atoms with Crippen molar-refractivity contribution in [2.45, 2.75) is 19.5 Å². The third-order valence-corrected chi connectivity index (χ3v) is 4.31. The van der Waals surface area contributed by atoms with E-state index in [0.717, 1.165) is 10.6 Å². The number of carbonyl (C=O) groups is 1. The summed E-state index contributed by atoms with van der Waals surface area (Å²) in [5, 5.41) is 2.50. The number of hydrogen-bond donors (Lipinski definition) is 1. The second-order valence-electron chi connectivity index (χ2n) is 6.22. The summed E-state index contributed by atoms with van der Waals surface area (Å²) in [6, 6.07) is 2.24. The average Bonchev–Trinajstić information content (AvgIpc) is 2.98. The Morgan fingerprint density at radius 1 is 1.26 bits per heavy atom. The lowest BCUT2D eigenvalue weighted by Gasteiger charge is -2.16. The molecule has 1 N–H and O–H groups in total. The van der Waals surface area contributed by atoms with Gasteiger partial charge in [-0.1, -0.05) is 6.07 Å². The number of halogens is 2. The van der Waals surface area contributed by atoms with Gasteiger partial charge in [-0.25, -0.2) is 23.1 Å². The van der Waals surface area contributed by atoms with Crippen molar-refractivity contribution in [1.82, 2.24) is 24.0 Å². The van der Waals surface area contributed by atoms with Crippen LogP contribution in [-0.4, -0.2) is 24.6 Å². The molecule has 0 fully saturated rings. The van der Waals surface area contributed by atoms with E-state index in [4.69, 9.17) is 0 Å². The molecule has 1 aromatic carbocycles. The Kier molecular flexibility index (Phi) is 4.64. The molecule has 0 spiro atoms. The molecule has 0 aliphatic rings. The maximum Gasteiger partial charge on any atom is 0.332 e. The van der Waals surface area contributed by atoms with Gasteiger partial charge in [0, 0.05) is 25.7 Å². The first kappa shape index (κ1) is 18.5. The molecule has 0 bridgehead atoms. The first-order chi connectivity index (χ1) is 12.7. The first-order valence-electron chi connectivity index (χ1n) is 8.06. The number of carbonyl (C=O) groups excluding carboxylic acids is 1. The maximum atomic E-state index is 13.8. The minimum atomic E-state index is -0.799. The number of benzene rings is 1. The third-order valence-electron chi connectivity index (χ3n) is 4.31. The highest BCUT2D eigenvalue weighted by molar-refractivity contribution is 5.77. The number of aromatic nitrogens is 4. The average molecular weight is 377 g/mol. The van der Waals surface area contributed by atoms with E-state index in [9.17, 15) is 23.2 Å². The van der Waals surface area contributed by atoms with E-state index in [1.807, 2.05) is 0 Å². The molecule has 8 nitrogen and oxygen atoms in total. The quantitative estimate of drug-likeness (QED) is 0.721. The summed E-state index contributed by atoms with van der Waals surface area (Å²) < 4.78 is 30.3. The van der Waals surface area contributed by atoms with Crippen LogP contribution < -0.4 is 16.6 Å². The van der Waals surface area contributed by atoms with Crippen LogP contribution in [0.3, 0.4) is 0 Å². The molecule has 0 saturated heterocycles. The topological polar surface area (TPSA) is 90.9 Å². The van der Waals surface area contributed by atoms with Crippen molar-refractivity contribution in [3.05, 3.63) is 62.6 Å². The van der Waals surface area contributed by atoms with Crippen LogP contribution in [-0.2, 0) is 25.4 Å². The van der Waals surface area contributed by atoms with Crippen molar-refractivity contribution in [1.29, 1.82) is 0 Å². The van der Waals surface area contributed by atoms with Crippen LogP contribution in [0, 0.1) is 11.6 Å². The lowest BCUT2D eigenvalue weighted by molar-refractivity contribution is -0.122. The Morgan fingerprint density at radius 3 is 2.63 bits per heavy atom. The zero-order valence-electron chi connectivity index (χ0n) is 14.9. The molecule has 27 heavy (non-hydrogen) atoms. The maximum absolute atomic E-state index is 13.8. The van der Waals surface area contributed by atoms with Gasteiger partial charge >= 0.3 is 5.69 Å². The SMILES string of the molecule is C[C@@H](NC(=O)Cn1c(=O)c2c(ncn2C)n(C)c1=O)c1ccc(F)cc1F. The Hall–Kier alpha value is -3.30. The number of fused-ring (bicyclic) bond motifs is 1. The highest BCUT2D eigenvalue weighted by atomic mass is 19.1. The van der Waals surface area contributed by atoms with Crippen LogP contribution in [0.15, 0.2) is 34.1 Å². The van der Waals surface area contributed by atoms with Crippen molar-refractivity contribution >= 4 is 17.1 Å². The fourth-order valence-electron chi connectivity index (χ4n) is 2.90. The summed E-state index contributed by atoms with van der Waals surface area (Å²) in [5.41, 5.74) is -0.855. The fourth-order valence-corrected chi connectivity index (χ4v) is 2.90. The Bertz CT molecular complexity index is 1160. The van der Waals surface area contributed by atoms with E-state index >= 15 is 0 Å². The van der Waals surface area contributed by atoms with Gasteiger partial charge in [-0.2, -0.15) is 0 Å². The number of rotatable bonds is 4. The molecule has 0 aliphatic heterocycles. The van der Waals surface area contributed by atoms with Crippen LogP contribution in [0.1, 0.15) is 18.5 Å². The van der Waals surface area contributed by atoms with E-state index in [-0.39, 0.29) is 16.7 Å².